The van der Waals surface area contributed by atoms with Crippen molar-refractivity contribution in [1.82, 2.24) is 9.21 Å². The molecule has 0 bridgehead atoms. The van der Waals surface area contributed by atoms with Gasteiger partial charge >= 0.3 is 5.97 Å². The van der Waals surface area contributed by atoms with Crippen LogP contribution in [0.2, 0.25) is 0 Å². The minimum atomic E-state index is -3.56. The monoisotopic (exact) mass is 472 g/mol. The number of rotatable bonds is 6. The molecule has 3 rings (SSSR count). The molecule has 1 saturated heterocycles. The molecule has 0 aliphatic carbocycles. The molecule has 27 heavy (non-hydrogen) atoms. The van der Waals surface area contributed by atoms with Gasteiger partial charge in [0.1, 0.15) is 0 Å². The molecule has 1 aliphatic rings. The summed E-state index contributed by atoms with van der Waals surface area (Å²) in [7, 11) is -3.56. The van der Waals surface area contributed by atoms with Crippen molar-refractivity contribution in [2.45, 2.75) is 18.4 Å². The molecule has 2 aromatic rings. The smallest absolute Gasteiger partial charge is 0.338 e. The predicted octanol–water partition coefficient (Wildman–Crippen LogP) is 3.19. The number of hydrogen-bond donors (Lipinski definition) is 0. The van der Waals surface area contributed by atoms with Crippen molar-refractivity contribution >= 4 is 43.3 Å². The largest absolute Gasteiger partial charge is 0.462 e. The van der Waals surface area contributed by atoms with Crippen LogP contribution < -0.4 is 0 Å². The van der Waals surface area contributed by atoms with E-state index in [1.54, 1.807) is 18.3 Å². The topological polar surface area (TPSA) is 66.9 Å². The Balaban J connectivity index is 1.61. The fourth-order valence-corrected chi connectivity index (χ4v) is 5.86. The highest BCUT2D eigenvalue weighted by molar-refractivity contribution is 9.11. The highest BCUT2D eigenvalue weighted by Crippen LogP contribution is 2.24. The number of esters is 1. The summed E-state index contributed by atoms with van der Waals surface area (Å²) in [5.41, 5.74) is 0.350. The van der Waals surface area contributed by atoms with Crippen molar-refractivity contribution < 1.29 is 17.9 Å². The molecule has 1 aromatic carbocycles. The molecule has 146 valence electrons. The van der Waals surface area contributed by atoms with E-state index in [1.807, 2.05) is 6.07 Å². The van der Waals surface area contributed by atoms with E-state index in [0.29, 0.717) is 31.7 Å². The van der Waals surface area contributed by atoms with Crippen LogP contribution in [0, 0.1) is 0 Å². The summed E-state index contributed by atoms with van der Waals surface area (Å²) < 4.78 is 33.2. The SMILES string of the molecule is CCOC(=O)c1ccc(S(=O)(=O)N2CCN(Cc3ccc(Br)s3)CC2)cc1. The Morgan fingerprint density at radius 2 is 1.78 bits per heavy atom. The van der Waals surface area contributed by atoms with Gasteiger partial charge < -0.3 is 4.74 Å². The van der Waals surface area contributed by atoms with Crippen LogP contribution in [0.4, 0.5) is 0 Å². The van der Waals surface area contributed by atoms with Gasteiger partial charge in [-0.2, -0.15) is 4.31 Å². The third-order valence-electron chi connectivity index (χ3n) is 4.34. The molecule has 0 N–H and O–H groups in total. The quantitative estimate of drug-likeness (QED) is 0.603. The first kappa shape index (κ1) is 20.5. The number of sulfonamides is 1. The fraction of sp³-hybridized carbons (Fsp3) is 0.389. The Hall–Kier alpha value is -1.26. The van der Waals surface area contributed by atoms with Crippen molar-refractivity contribution in [2.24, 2.45) is 0 Å². The second kappa shape index (κ2) is 8.83. The van der Waals surface area contributed by atoms with E-state index in [4.69, 9.17) is 4.74 Å². The molecule has 1 fully saturated rings. The van der Waals surface area contributed by atoms with Crippen molar-refractivity contribution in [3.05, 3.63) is 50.6 Å². The Labute approximate surface area is 171 Å². The fourth-order valence-electron chi connectivity index (χ4n) is 2.91. The van der Waals surface area contributed by atoms with E-state index in [-0.39, 0.29) is 11.5 Å². The zero-order valence-corrected chi connectivity index (χ0v) is 18.1. The van der Waals surface area contributed by atoms with E-state index < -0.39 is 16.0 Å². The molecule has 0 atom stereocenters. The minimum Gasteiger partial charge on any atom is -0.462 e. The third-order valence-corrected chi connectivity index (χ3v) is 7.86. The van der Waals surface area contributed by atoms with Crippen LogP contribution in [-0.2, 0) is 21.3 Å². The average Bonchev–Trinajstić information content (AvgIpc) is 3.07. The van der Waals surface area contributed by atoms with Gasteiger partial charge in [-0.3, -0.25) is 4.90 Å². The molecule has 0 spiro atoms. The van der Waals surface area contributed by atoms with Gasteiger partial charge in [-0.15, -0.1) is 11.3 Å². The maximum Gasteiger partial charge on any atom is 0.338 e. The summed E-state index contributed by atoms with van der Waals surface area (Å²) in [5.74, 6) is -0.449. The predicted molar refractivity (Wildman–Crippen MR) is 108 cm³/mol. The first-order valence-corrected chi connectivity index (χ1v) is 11.7. The zero-order chi connectivity index (χ0) is 19.4. The molecule has 1 aliphatic heterocycles. The number of ether oxygens (including phenoxy) is 1. The normalized spacial score (nSPS) is 16.4. The number of carbonyl (C=O) groups excluding carboxylic acids is 1. The number of carbonyl (C=O) groups is 1. The van der Waals surface area contributed by atoms with Gasteiger partial charge in [0.25, 0.3) is 0 Å². The summed E-state index contributed by atoms with van der Waals surface area (Å²) in [6.07, 6.45) is 0. The Morgan fingerprint density at radius 1 is 1.11 bits per heavy atom. The van der Waals surface area contributed by atoms with Crippen LogP contribution in [0.5, 0.6) is 0 Å². The van der Waals surface area contributed by atoms with Crippen molar-refractivity contribution in [3.8, 4) is 0 Å². The van der Waals surface area contributed by atoms with Crippen LogP contribution in [0.3, 0.4) is 0 Å². The first-order chi connectivity index (χ1) is 12.9. The maximum absolute atomic E-state index is 12.8. The van der Waals surface area contributed by atoms with E-state index in [2.05, 4.69) is 26.9 Å². The second-order valence-corrected chi connectivity index (χ2v) is 10.6. The van der Waals surface area contributed by atoms with Crippen molar-refractivity contribution in [2.75, 3.05) is 32.8 Å². The Morgan fingerprint density at radius 3 is 2.33 bits per heavy atom. The highest BCUT2D eigenvalue weighted by atomic mass is 79.9. The molecule has 0 radical (unpaired) electrons. The van der Waals surface area contributed by atoms with Gasteiger partial charge in [-0.05, 0) is 59.3 Å². The number of halogens is 1. The van der Waals surface area contributed by atoms with Gasteiger partial charge in [0.2, 0.25) is 10.0 Å². The van der Waals surface area contributed by atoms with Crippen molar-refractivity contribution in [1.29, 1.82) is 0 Å². The number of piperazine rings is 1. The average molecular weight is 473 g/mol. The summed E-state index contributed by atoms with van der Waals surface area (Å²) in [6, 6.07) is 10.0. The standard InChI is InChI=1S/C18H21BrN2O4S2/c1-2-25-18(22)14-3-6-16(7-4-14)27(23,24)21-11-9-20(10-12-21)13-15-5-8-17(19)26-15/h3-8H,2,9-13H2,1H3. The van der Waals surface area contributed by atoms with Crippen LogP contribution >= 0.6 is 27.3 Å². The van der Waals surface area contributed by atoms with Crippen LogP contribution in [0.1, 0.15) is 22.2 Å². The van der Waals surface area contributed by atoms with E-state index in [1.165, 1.54) is 33.4 Å². The zero-order valence-electron chi connectivity index (χ0n) is 14.9. The first-order valence-electron chi connectivity index (χ1n) is 8.64. The third kappa shape index (κ3) is 4.97. The van der Waals surface area contributed by atoms with Gasteiger partial charge in [0.15, 0.2) is 0 Å². The lowest BCUT2D eigenvalue weighted by molar-refractivity contribution is 0.0526. The Bertz CT molecular complexity index is 888. The summed E-state index contributed by atoms with van der Waals surface area (Å²) in [4.78, 5) is 15.4. The number of hydrogen-bond acceptors (Lipinski definition) is 6. The molecule has 0 saturated carbocycles. The summed E-state index contributed by atoms with van der Waals surface area (Å²) in [5, 5.41) is 0. The summed E-state index contributed by atoms with van der Waals surface area (Å²) in [6.45, 7) is 5.13. The molecular weight excluding hydrogens is 452 g/mol. The van der Waals surface area contributed by atoms with Crippen LogP contribution in [0.15, 0.2) is 45.1 Å². The lowest BCUT2D eigenvalue weighted by Gasteiger charge is -2.33. The summed E-state index contributed by atoms with van der Waals surface area (Å²) >= 11 is 5.16. The number of thiophene rings is 1. The molecule has 9 heteroatoms. The van der Waals surface area contributed by atoms with E-state index >= 15 is 0 Å². The van der Waals surface area contributed by atoms with Crippen molar-refractivity contribution in [3.63, 3.8) is 0 Å². The maximum atomic E-state index is 12.8. The molecule has 0 amide bonds. The molecule has 2 heterocycles. The second-order valence-electron chi connectivity index (χ2n) is 6.13. The van der Waals surface area contributed by atoms with E-state index in [0.717, 1.165) is 10.3 Å². The lowest BCUT2D eigenvalue weighted by Crippen LogP contribution is -2.48. The lowest BCUT2D eigenvalue weighted by atomic mass is 10.2. The number of benzene rings is 1. The molecule has 0 unspecified atom stereocenters. The van der Waals surface area contributed by atoms with Gasteiger partial charge in [0.05, 0.1) is 20.9 Å². The molecular formula is C18H21BrN2O4S2. The van der Waals surface area contributed by atoms with Crippen LogP contribution in [-0.4, -0.2) is 56.4 Å². The van der Waals surface area contributed by atoms with Gasteiger partial charge in [0, 0.05) is 37.6 Å². The highest BCUT2D eigenvalue weighted by Gasteiger charge is 2.28. The van der Waals surface area contributed by atoms with Crippen LogP contribution in [0.25, 0.3) is 0 Å². The minimum absolute atomic E-state index is 0.200. The van der Waals surface area contributed by atoms with Gasteiger partial charge in [-0.25, -0.2) is 13.2 Å². The number of nitrogens with zero attached hydrogens (tertiary/aromatic N) is 2. The van der Waals surface area contributed by atoms with Gasteiger partial charge in [-0.1, -0.05) is 0 Å². The van der Waals surface area contributed by atoms with E-state index in [9.17, 15) is 13.2 Å². The molecule has 1 aromatic heterocycles. The molecule has 6 nitrogen and oxygen atoms in total. The Kier molecular flexibility index (Phi) is 6.69.